The van der Waals surface area contributed by atoms with Gasteiger partial charge in [0.25, 0.3) is 5.91 Å². The Bertz CT molecular complexity index is 1510. The minimum atomic E-state index is -0.0331. The first-order chi connectivity index (χ1) is 18.2. The number of carbonyl (C=O) groups is 1. The molecule has 37 heavy (non-hydrogen) atoms. The average molecular weight is 557 g/mol. The fourth-order valence-electron chi connectivity index (χ4n) is 4.65. The third-order valence-corrected chi connectivity index (χ3v) is 7.00. The smallest absolute Gasteiger partial charge is 0.251 e. The number of hydrogen-bond acceptors (Lipinski definition) is 3. The molecule has 1 aromatic heterocycles. The largest absolute Gasteiger partial charge is 0.491 e. The van der Waals surface area contributed by atoms with E-state index < -0.39 is 0 Å². The summed E-state index contributed by atoms with van der Waals surface area (Å²) in [6.45, 7) is 1.98. The van der Waals surface area contributed by atoms with Gasteiger partial charge >= 0.3 is 0 Å². The number of fused-ring (bicyclic) bond motifs is 2. The van der Waals surface area contributed by atoms with Crippen molar-refractivity contribution in [2.45, 2.75) is 32.2 Å². The van der Waals surface area contributed by atoms with E-state index in [4.69, 9.17) is 9.72 Å². The number of benzene rings is 4. The average Bonchev–Trinajstić information content (AvgIpc) is 3.28. The van der Waals surface area contributed by atoms with Crippen LogP contribution in [0.4, 0.5) is 0 Å². The van der Waals surface area contributed by atoms with E-state index in [1.165, 1.54) is 5.39 Å². The Balaban J connectivity index is 1.15. The number of aromatic nitrogens is 2. The monoisotopic (exact) mass is 555 g/mol. The number of para-hydroxylation sites is 2. The summed E-state index contributed by atoms with van der Waals surface area (Å²) in [6, 6.07) is 30.2. The van der Waals surface area contributed by atoms with Crippen LogP contribution in [0.3, 0.4) is 0 Å². The highest BCUT2D eigenvalue weighted by Gasteiger charge is 2.11. The van der Waals surface area contributed by atoms with E-state index in [-0.39, 0.29) is 5.91 Å². The molecule has 1 N–H and O–H groups in total. The normalized spacial score (nSPS) is 11.2. The number of halogens is 1. The third kappa shape index (κ3) is 6.20. The lowest BCUT2D eigenvalue weighted by molar-refractivity contribution is 0.0953. The Kier molecular flexibility index (Phi) is 8.16. The van der Waals surface area contributed by atoms with Gasteiger partial charge in [-0.2, -0.15) is 0 Å². The van der Waals surface area contributed by atoms with Crippen LogP contribution in [0, 0.1) is 0 Å². The summed E-state index contributed by atoms with van der Waals surface area (Å²) < 4.78 is 9.42. The van der Waals surface area contributed by atoms with E-state index in [0.717, 1.165) is 64.7 Å². The molecule has 0 aliphatic heterocycles. The molecule has 1 amide bonds. The van der Waals surface area contributed by atoms with Crippen LogP contribution < -0.4 is 10.1 Å². The molecule has 6 heteroatoms. The molecule has 0 saturated heterocycles. The van der Waals surface area contributed by atoms with Crippen molar-refractivity contribution in [2.75, 3.05) is 13.2 Å². The number of ether oxygens (including phenoxy) is 1. The van der Waals surface area contributed by atoms with Gasteiger partial charge in [0.15, 0.2) is 0 Å². The molecule has 0 aliphatic rings. The second kappa shape index (κ2) is 12.1. The van der Waals surface area contributed by atoms with Crippen LogP contribution in [0.25, 0.3) is 21.8 Å². The minimum Gasteiger partial charge on any atom is -0.491 e. The van der Waals surface area contributed by atoms with E-state index >= 15 is 0 Å². The van der Waals surface area contributed by atoms with Crippen molar-refractivity contribution in [2.24, 2.45) is 0 Å². The van der Waals surface area contributed by atoms with Gasteiger partial charge in [-0.15, -0.1) is 0 Å². The van der Waals surface area contributed by atoms with Crippen molar-refractivity contribution >= 4 is 43.6 Å². The number of nitrogens with zero attached hydrogens (tertiary/aromatic N) is 2. The van der Waals surface area contributed by atoms with Crippen molar-refractivity contribution in [1.82, 2.24) is 14.9 Å². The fraction of sp³-hybridized carbons (Fsp3) is 0.226. The zero-order valence-corrected chi connectivity index (χ0v) is 22.3. The second-order valence-corrected chi connectivity index (χ2v) is 9.99. The van der Waals surface area contributed by atoms with Crippen molar-refractivity contribution in [3.05, 3.63) is 107 Å². The molecule has 5 nitrogen and oxygen atoms in total. The number of rotatable bonds is 11. The van der Waals surface area contributed by atoms with Crippen molar-refractivity contribution in [1.29, 1.82) is 0 Å². The van der Waals surface area contributed by atoms with E-state index in [2.05, 4.69) is 62.2 Å². The highest BCUT2D eigenvalue weighted by molar-refractivity contribution is 9.10. The Labute approximate surface area is 225 Å². The van der Waals surface area contributed by atoms with Crippen molar-refractivity contribution < 1.29 is 9.53 Å². The lowest BCUT2D eigenvalue weighted by atomic mass is 10.1. The number of nitrogens with one attached hydrogen (secondary N) is 1. The molecule has 0 bridgehead atoms. The molecule has 0 atom stereocenters. The van der Waals surface area contributed by atoms with E-state index in [0.29, 0.717) is 18.7 Å². The van der Waals surface area contributed by atoms with Crippen LogP contribution in [0.15, 0.2) is 95.5 Å². The Morgan fingerprint density at radius 3 is 2.62 bits per heavy atom. The van der Waals surface area contributed by atoms with Crippen LogP contribution in [0.2, 0.25) is 0 Å². The number of carbonyl (C=O) groups excluding carboxylic acids is 1. The van der Waals surface area contributed by atoms with Crippen LogP contribution in [-0.4, -0.2) is 28.6 Å². The summed E-state index contributed by atoms with van der Waals surface area (Å²) in [6.07, 6.45) is 3.86. The number of unbranched alkanes of at least 4 members (excludes halogenated alkanes) is 2. The van der Waals surface area contributed by atoms with Gasteiger partial charge in [-0.1, -0.05) is 76.9 Å². The Hall–Kier alpha value is -3.64. The summed E-state index contributed by atoms with van der Waals surface area (Å²) in [5.74, 6) is 1.96. The SMILES string of the molecule is O=C(NCCCCCc1nc2ccccc2n1CCOc1cccc2ccccc12)c1cccc(Br)c1. The molecule has 5 aromatic rings. The first kappa shape index (κ1) is 25.0. The van der Waals surface area contributed by atoms with Gasteiger partial charge in [-0.25, -0.2) is 4.98 Å². The first-order valence-corrected chi connectivity index (χ1v) is 13.6. The van der Waals surface area contributed by atoms with E-state index in [1.807, 2.05) is 54.6 Å². The van der Waals surface area contributed by atoms with Crippen molar-refractivity contribution in [3.8, 4) is 5.75 Å². The summed E-state index contributed by atoms with van der Waals surface area (Å²) in [5, 5.41) is 5.33. The van der Waals surface area contributed by atoms with Gasteiger partial charge in [0, 0.05) is 28.4 Å². The van der Waals surface area contributed by atoms with Gasteiger partial charge in [0.2, 0.25) is 0 Å². The Morgan fingerprint density at radius 1 is 0.892 bits per heavy atom. The molecule has 0 unspecified atom stereocenters. The zero-order chi connectivity index (χ0) is 25.5. The molecule has 1 heterocycles. The summed E-state index contributed by atoms with van der Waals surface area (Å²) in [7, 11) is 0. The summed E-state index contributed by atoms with van der Waals surface area (Å²) >= 11 is 3.41. The maximum Gasteiger partial charge on any atom is 0.251 e. The van der Waals surface area contributed by atoms with Gasteiger partial charge in [-0.05, 0) is 54.6 Å². The van der Waals surface area contributed by atoms with Crippen LogP contribution in [-0.2, 0) is 13.0 Å². The standard InChI is InChI=1S/C31H30BrN3O2/c32-25-13-8-12-24(22-25)31(36)33-19-7-1-2-18-30-34-27-15-5-6-16-28(27)35(30)20-21-37-29-17-9-11-23-10-3-4-14-26(23)29/h3-6,8-17,22H,1-2,7,18-21H2,(H,33,36). The number of hydrogen-bond donors (Lipinski definition) is 1. The molecule has 0 saturated carbocycles. The number of amides is 1. The van der Waals surface area contributed by atoms with Gasteiger partial charge in [-0.3, -0.25) is 4.79 Å². The van der Waals surface area contributed by atoms with Crippen LogP contribution >= 0.6 is 15.9 Å². The quantitative estimate of drug-likeness (QED) is 0.176. The van der Waals surface area contributed by atoms with Gasteiger partial charge in [0.05, 0.1) is 17.6 Å². The topological polar surface area (TPSA) is 56.2 Å². The predicted molar refractivity (Wildman–Crippen MR) is 153 cm³/mol. The molecule has 4 aromatic carbocycles. The molecule has 5 rings (SSSR count). The van der Waals surface area contributed by atoms with Crippen molar-refractivity contribution in [3.63, 3.8) is 0 Å². The van der Waals surface area contributed by atoms with Crippen LogP contribution in [0.5, 0.6) is 5.75 Å². The maximum atomic E-state index is 12.3. The van der Waals surface area contributed by atoms with E-state index in [9.17, 15) is 4.79 Å². The lowest BCUT2D eigenvalue weighted by Gasteiger charge is -2.12. The zero-order valence-electron chi connectivity index (χ0n) is 20.7. The summed E-state index contributed by atoms with van der Waals surface area (Å²) in [5.41, 5.74) is 2.83. The number of imidazole rings is 1. The summed E-state index contributed by atoms with van der Waals surface area (Å²) in [4.78, 5) is 17.2. The highest BCUT2D eigenvalue weighted by atomic mass is 79.9. The molecule has 0 aliphatic carbocycles. The Morgan fingerprint density at radius 2 is 1.70 bits per heavy atom. The highest BCUT2D eigenvalue weighted by Crippen LogP contribution is 2.25. The lowest BCUT2D eigenvalue weighted by Crippen LogP contribution is -2.24. The van der Waals surface area contributed by atoms with Crippen LogP contribution in [0.1, 0.15) is 35.4 Å². The maximum absolute atomic E-state index is 12.3. The van der Waals surface area contributed by atoms with E-state index in [1.54, 1.807) is 0 Å². The minimum absolute atomic E-state index is 0.0331. The van der Waals surface area contributed by atoms with Gasteiger partial charge in [0.1, 0.15) is 18.2 Å². The molecule has 0 fully saturated rings. The molecule has 0 radical (unpaired) electrons. The molecular formula is C31H30BrN3O2. The fourth-order valence-corrected chi connectivity index (χ4v) is 5.05. The third-order valence-electron chi connectivity index (χ3n) is 6.51. The molecule has 0 spiro atoms. The second-order valence-electron chi connectivity index (χ2n) is 9.07. The predicted octanol–water partition coefficient (Wildman–Crippen LogP) is 7.17. The first-order valence-electron chi connectivity index (χ1n) is 12.8. The molecular weight excluding hydrogens is 526 g/mol. The van der Waals surface area contributed by atoms with Gasteiger partial charge < -0.3 is 14.6 Å². The number of aryl methyl sites for hydroxylation is 1. The molecule has 188 valence electrons.